The first-order valence-electron chi connectivity index (χ1n) is 6.49. The highest BCUT2D eigenvalue weighted by molar-refractivity contribution is 9.10. The van der Waals surface area contributed by atoms with Crippen molar-refractivity contribution in [2.24, 2.45) is 0 Å². The lowest BCUT2D eigenvalue weighted by Gasteiger charge is -2.09. The number of nitrogens with one attached hydrogen (secondary N) is 1. The van der Waals surface area contributed by atoms with Crippen molar-refractivity contribution >= 4 is 41.6 Å². The van der Waals surface area contributed by atoms with Crippen molar-refractivity contribution < 1.29 is 17.6 Å². The van der Waals surface area contributed by atoms with Gasteiger partial charge in [-0.15, -0.1) is 0 Å². The quantitative estimate of drug-likeness (QED) is 0.559. The summed E-state index contributed by atoms with van der Waals surface area (Å²) in [6.07, 6.45) is 3.96. The lowest BCUT2D eigenvalue weighted by atomic mass is 10.2. The molecule has 8 heteroatoms. The minimum atomic E-state index is -4.14. The summed E-state index contributed by atoms with van der Waals surface area (Å²) in [6.45, 7) is 2.53. The van der Waals surface area contributed by atoms with Gasteiger partial charge in [-0.2, -0.15) is 0 Å². The molecule has 0 spiro atoms. The van der Waals surface area contributed by atoms with E-state index in [0.29, 0.717) is 6.54 Å². The Morgan fingerprint density at radius 3 is 2.57 bits per heavy atom. The highest BCUT2D eigenvalue weighted by atomic mass is 79.9. The van der Waals surface area contributed by atoms with Crippen LogP contribution >= 0.6 is 26.6 Å². The zero-order valence-corrected chi connectivity index (χ0v) is 14.6. The van der Waals surface area contributed by atoms with Crippen LogP contribution in [0.25, 0.3) is 0 Å². The van der Waals surface area contributed by atoms with Crippen LogP contribution in [0.3, 0.4) is 0 Å². The van der Waals surface area contributed by atoms with Crippen LogP contribution in [0.2, 0.25) is 0 Å². The zero-order valence-electron chi connectivity index (χ0n) is 11.5. The molecule has 0 heterocycles. The second-order valence-corrected chi connectivity index (χ2v) is 7.85. The smallest absolute Gasteiger partial charge is 0.262 e. The Hall–Kier alpha value is -0.660. The molecule has 0 atom stereocenters. The van der Waals surface area contributed by atoms with Gasteiger partial charge in [0, 0.05) is 17.2 Å². The van der Waals surface area contributed by atoms with E-state index < -0.39 is 25.7 Å². The lowest BCUT2D eigenvalue weighted by molar-refractivity contribution is 0.0951. The lowest BCUT2D eigenvalue weighted by Crippen LogP contribution is -2.25. The van der Waals surface area contributed by atoms with Gasteiger partial charge < -0.3 is 5.32 Å². The maximum Gasteiger partial charge on any atom is 0.262 e. The van der Waals surface area contributed by atoms with Crippen molar-refractivity contribution in [3.8, 4) is 0 Å². The maximum atomic E-state index is 13.5. The van der Waals surface area contributed by atoms with Crippen molar-refractivity contribution in [3.05, 3.63) is 28.0 Å². The molecular formula is C13H16BrClFNO3S. The fraction of sp³-hybridized carbons (Fsp3) is 0.462. The van der Waals surface area contributed by atoms with Gasteiger partial charge in [-0.3, -0.25) is 4.79 Å². The summed E-state index contributed by atoms with van der Waals surface area (Å²) in [5.74, 6) is -1.38. The summed E-state index contributed by atoms with van der Waals surface area (Å²) in [4.78, 5) is 11.5. The van der Waals surface area contributed by atoms with E-state index >= 15 is 0 Å². The Morgan fingerprint density at radius 1 is 1.33 bits per heavy atom. The largest absolute Gasteiger partial charge is 0.352 e. The first kappa shape index (κ1) is 18.4. The van der Waals surface area contributed by atoms with Crippen molar-refractivity contribution in [2.75, 3.05) is 6.54 Å². The molecule has 1 rings (SSSR count). The number of benzene rings is 1. The van der Waals surface area contributed by atoms with Gasteiger partial charge in [0.2, 0.25) is 0 Å². The Balaban J connectivity index is 2.88. The van der Waals surface area contributed by atoms with E-state index in [2.05, 4.69) is 28.2 Å². The molecule has 0 aliphatic rings. The van der Waals surface area contributed by atoms with Crippen LogP contribution in [-0.4, -0.2) is 20.9 Å². The van der Waals surface area contributed by atoms with E-state index in [1.807, 2.05) is 0 Å². The van der Waals surface area contributed by atoms with Gasteiger partial charge in [0.15, 0.2) is 0 Å². The summed E-state index contributed by atoms with van der Waals surface area (Å²) >= 11 is 2.99. The third-order valence-corrected chi connectivity index (χ3v) is 5.29. The number of amides is 1. The fourth-order valence-electron chi connectivity index (χ4n) is 1.76. The van der Waals surface area contributed by atoms with Crippen LogP contribution < -0.4 is 5.32 Å². The molecule has 1 aromatic carbocycles. The first-order valence-corrected chi connectivity index (χ1v) is 9.59. The molecule has 1 N–H and O–H groups in total. The Labute approximate surface area is 136 Å². The summed E-state index contributed by atoms with van der Waals surface area (Å²) in [5.41, 5.74) is -0.0929. The van der Waals surface area contributed by atoms with E-state index in [9.17, 15) is 17.6 Å². The third-order valence-electron chi connectivity index (χ3n) is 2.83. The van der Waals surface area contributed by atoms with E-state index in [-0.39, 0.29) is 10.0 Å². The van der Waals surface area contributed by atoms with Crippen molar-refractivity contribution in [2.45, 2.75) is 37.5 Å². The SMILES string of the molecule is CCCCCCNC(=O)c1cc(F)cc(S(=O)(=O)Cl)c1Br. The molecule has 0 bridgehead atoms. The summed E-state index contributed by atoms with van der Waals surface area (Å²) in [7, 11) is 1.08. The number of halogens is 3. The molecule has 1 aromatic rings. The number of carbonyl (C=O) groups is 1. The molecule has 0 unspecified atom stereocenters. The molecule has 1 amide bonds. The minimum Gasteiger partial charge on any atom is -0.352 e. The highest BCUT2D eigenvalue weighted by Gasteiger charge is 2.22. The van der Waals surface area contributed by atoms with Gasteiger partial charge in [-0.1, -0.05) is 26.2 Å². The predicted octanol–water partition coefficient (Wildman–Crippen LogP) is 3.83. The molecule has 0 radical (unpaired) electrons. The number of carbonyl (C=O) groups excluding carboxylic acids is 1. The van der Waals surface area contributed by atoms with Gasteiger partial charge in [-0.05, 0) is 34.5 Å². The van der Waals surface area contributed by atoms with Crippen molar-refractivity contribution in [3.63, 3.8) is 0 Å². The molecule has 0 aliphatic carbocycles. The van der Waals surface area contributed by atoms with E-state index in [0.717, 1.165) is 37.8 Å². The van der Waals surface area contributed by atoms with Crippen molar-refractivity contribution in [1.29, 1.82) is 0 Å². The van der Waals surface area contributed by atoms with Gasteiger partial charge in [0.1, 0.15) is 10.7 Å². The Kier molecular flexibility index (Phi) is 7.09. The average molecular weight is 401 g/mol. The number of rotatable bonds is 7. The molecule has 21 heavy (non-hydrogen) atoms. The second-order valence-electron chi connectivity index (χ2n) is 4.52. The van der Waals surface area contributed by atoms with Crippen LogP contribution in [0, 0.1) is 5.82 Å². The molecule has 0 saturated carbocycles. The molecular weight excluding hydrogens is 385 g/mol. The van der Waals surface area contributed by atoms with Crippen LogP contribution in [-0.2, 0) is 9.05 Å². The van der Waals surface area contributed by atoms with Crippen LogP contribution in [0.5, 0.6) is 0 Å². The molecule has 0 fully saturated rings. The minimum absolute atomic E-state index is 0.0371. The third kappa shape index (κ3) is 5.56. The average Bonchev–Trinajstić information content (AvgIpc) is 2.39. The Morgan fingerprint density at radius 2 is 2.00 bits per heavy atom. The summed E-state index contributed by atoms with van der Waals surface area (Å²) in [5, 5.41) is 2.63. The summed E-state index contributed by atoms with van der Waals surface area (Å²) in [6, 6.07) is 1.74. The monoisotopic (exact) mass is 399 g/mol. The molecule has 118 valence electrons. The summed E-state index contributed by atoms with van der Waals surface area (Å²) < 4.78 is 36.1. The van der Waals surface area contributed by atoms with Gasteiger partial charge in [0.05, 0.1) is 10.0 Å². The van der Waals surface area contributed by atoms with Gasteiger partial charge in [0.25, 0.3) is 15.0 Å². The van der Waals surface area contributed by atoms with Gasteiger partial charge in [-0.25, -0.2) is 12.8 Å². The second kappa shape index (κ2) is 8.10. The normalized spacial score (nSPS) is 11.4. The number of hydrogen-bond donors (Lipinski definition) is 1. The number of unbranched alkanes of at least 4 members (excludes halogenated alkanes) is 3. The van der Waals surface area contributed by atoms with E-state index in [4.69, 9.17) is 10.7 Å². The topological polar surface area (TPSA) is 63.2 Å². The molecule has 0 aromatic heterocycles. The van der Waals surface area contributed by atoms with Gasteiger partial charge >= 0.3 is 0 Å². The van der Waals surface area contributed by atoms with E-state index in [1.165, 1.54) is 0 Å². The first-order chi connectivity index (χ1) is 9.77. The van der Waals surface area contributed by atoms with Crippen LogP contribution in [0.1, 0.15) is 43.0 Å². The van der Waals surface area contributed by atoms with Crippen LogP contribution in [0.15, 0.2) is 21.5 Å². The van der Waals surface area contributed by atoms with E-state index in [1.54, 1.807) is 0 Å². The fourth-order valence-corrected chi connectivity index (χ4v) is 4.03. The number of hydrogen-bond acceptors (Lipinski definition) is 3. The molecule has 4 nitrogen and oxygen atoms in total. The zero-order chi connectivity index (χ0) is 16.0. The van der Waals surface area contributed by atoms with Crippen molar-refractivity contribution in [1.82, 2.24) is 5.32 Å². The molecule has 0 saturated heterocycles. The highest BCUT2D eigenvalue weighted by Crippen LogP contribution is 2.29. The molecule has 0 aliphatic heterocycles. The van der Waals surface area contributed by atoms with Crippen LogP contribution in [0.4, 0.5) is 4.39 Å². The maximum absolute atomic E-state index is 13.5. The predicted molar refractivity (Wildman–Crippen MR) is 83.6 cm³/mol. The Bertz CT molecular complexity index is 622. The standard InChI is InChI=1S/C13H16BrClFNO3S/c1-2-3-4-5-6-17-13(18)10-7-9(16)8-11(12(10)14)21(15,19)20/h7-8H,2-6H2,1H3,(H,17,18).